The first-order valence-corrected chi connectivity index (χ1v) is 15.6. The van der Waals surface area contributed by atoms with Gasteiger partial charge in [-0.1, -0.05) is 99.1 Å². The molecule has 0 radical (unpaired) electrons. The van der Waals surface area contributed by atoms with E-state index in [0.717, 1.165) is 39.2 Å². The molecular weight excluding hydrogens is 522 g/mol. The van der Waals surface area contributed by atoms with Crippen LogP contribution in [-0.4, -0.2) is 50.5 Å². The second kappa shape index (κ2) is 14.1. The van der Waals surface area contributed by atoms with E-state index < -0.39 is 28.5 Å². The minimum Gasteiger partial charge on any atom is -0.354 e. The van der Waals surface area contributed by atoms with E-state index in [0.29, 0.717) is 18.7 Å². The minimum atomic E-state index is -3.82. The highest BCUT2D eigenvalue weighted by Gasteiger charge is 2.33. The summed E-state index contributed by atoms with van der Waals surface area (Å²) in [5.41, 5.74) is 4.10. The van der Waals surface area contributed by atoms with Crippen molar-refractivity contribution < 1.29 is 18.0 Å². The lowest BCUT2D eigenvalue weighted by atomic mass is 10.0. The summed E-state index contributed by atoms with van der Waals surface area (Å²) in [6, 6.07) is 23.7. The number of sulfonamides is 1. The van der Waals surface area contributed by atoms with Crippen molar-refractivity contribution in [3.05, 3.63) is 101 Å². The summed E-state index contributed by atoms with van der Waals surface area (Å²) in [4.78, 5) is 29.3. The monoisotopic (exact) mass is 563 g/mol. The second-order valence-corrected chi connectivity index (χ2v) is 12.4. The van der Waals surface area contributed by atoms with Crippen LogP contribution in [0, 0.1) is 6.92 Å². The number of para-hydroxylation sites is 1. The lowest BCUT2D eigenvalue weighted by Crippen LogP contribution is -2.53. The Bertz CT molecular complexity index is 1390. The van der Waals surface area contributed by atoms with Gasteiger partial charge in [-0.2, -0.15) is 0 Å². The van der Waals surface area contributed by atoms with Crippen molar-refractivity contribution >= 4 is 27.5 Å². The maximum absolute atomic E-state index is 14.2. The first-order valence-electron chi connectivity index (χ1n) is 13.7. The molecule has 7 nitrogen and oxygen atoms in total. The molecule has 0 spiro atoms. The number of rotatable bonds is 13. The van der Waals surface area contributed by atoms with Crippen molar-refractivity contribution in [1.29, 1.82) is 0 Å². The number of aryl methyl sites for hydroxylation is 1. The second-order valence-electron chi connectivity index (χ2n) is 10.5. The van der Waals surface area contributed by atoms with E-state index in [-0.39, 0.29) is 18.4 Å². The molecule has 0 aliphatic heterocycles. The quantitative estimate of drug-likeness (QED) is 0.315. The molecule has 40 heavy (non-hydrogen) atoms. The molecule has 0 fully saturated rings. The average molecular weight is 564 g/mol. The Morgan fingerprint density at radius 1 is 0.900 bits per heavy atom. The number of nitrogens with zero attached hydrogens (tertiary/aromatic N) is 2. The standard InChI is InChI=1S/C32H41N3O4S/c1-6-19-33-32(37)30(21-26-14-8-7-9-15-26)34(22-27-16-12-13-25(4)20-27)31(36)23-35(40(5,38)39)29-18-11-10-17-28(29)24(2)3/h7-18,20,24,30H,6,19,21-23H2,1-5H3,(H,33,37)/t30-/m1/s1. The number of nitrogens with one attached hydrogen (secondary N) is 1. The number of carbonyl (C=O) groups excluding carboxylic acids is 2. The van der Waals surface area contributed by atoms with E-state index in [2.05, 4.69) is 5.32 Å². The highest BCUT2D eigenvalue weighted by atomic mass is 32.2. The summed E-state index contributed by atoms with van der Waals surface area (Å²) in [7, 11) is -3.82. The molecular formula is C32H41N3O4S. The van der Waals surface area contributed by atoms with Gasteiger partial charge in [-0.25, -0.2) is 8.42 Å². The fourth-order valence-electron chi connectivity index (χ4n) is 4.72. The molecule has 8 heteroatoms. The molecule has 0 unspecified atom stereocenters. The third-order valence-corrected chi connectivity index (χ3v) is 7.89. The predicted octanol–water partition coefficient (Wildman–Crippen LogP) is 5.05. The van der Waals surface area contributed by atoms with Crippen LogP contribution >= 0.6 is 0 Å². The van der Waals surface area contributed by atoms with Gasteiger partial charge in [-0.05, 0) is 42.0 Å². The van der Waals surface area contributed by atoms with Crippen molar-refractivity contribution in [2.45, 2.75) is 59.0 Å². The number of anilines is 1. The van der Waals surface area contributed by atoms with E-state index in [1.165, 1.54) is 4.90 Å². The molecule has 1 atom stereocenters. The molecule has 214 valence electrons. The Morgan fingerprint density at radius 2 is 1.55 bits per heavy atom. The van der Waals surface area contributed by atoms with E-state index in [1.54, 1.807) is 12.1 Å². The Kier molecular flexibility index (Phi) is 10.9. The maximum atomic E-state index is 14.2. The SMILES string of the molecule is CCCNC(=O)[C@@H](Cc1ccccc1)N(Cc1cccc(C)c1)C(=O)CN(c1ccccc1C(C)C)S(C)(=O)=O. The zero-order valence-electron chi connectivity index (χ0n) is 24.1. The number of carbonyl (C=O) groups is 2. The Labute approximate surface area is 239 Å². The normalized spacial score (nSPS) is 12.2. The topological polar surface area (TPSA) is 86.8 Å². The molecule has 0 saturated carbocycles. The molecule has 0 bridgehead atoms. The van der Waals surface area contributed by atoms with Gasteiger partial charge in [-0.3, -0.25) is 13.9 Å². The van der Waals surface area contributed by atoms with E-state index >= 15 is 0 Å². The molecule has 3 rings (SSSR count). The molecule has 0 aliphatic carbocycles. The van der Waals surface area contributed by atoms with Gasteiger partial charge < -0.3 is 10.2 Å². The minimum absolute atomic E-state index is 0.0459. The smallest absolute Gasteiger partial charge is 0.244 e. The molecule has 0 aromatic heterocycles. The largest absolute Gasteiger partial charge is 0.354 e. The fraction of sp³-hybridized carbons (Fsp3) is 0.375. The first-order chi connectivity index (χ1) is 19.0. The Morgan fingerprint density at radius 3 is 2.17 bits per heavy atom. The van der Waals surface area contributed by atoms with Crippen LogP contribution in [0.4, 0.5) is 5.69 Å². The average Bonchev–Trinajstić information content (AvgIpc) is 2.92. The lowest BCUT2D eigenvalue weighted by Gasteiger charge is -2.34. The van der Waals surface area contributed by atoms with Crippen LogP contribution in [0.25, 0.3) is 0 Å². The molecule has 1 N–H and O–H groups in total. The summed E-state index contributed by atoms with van der Waals surface area (Å²) in [5, 5.41) is 2.96. The van der Waals surface area contributed by atoms with Gasteiger partial charge in [0.25, 0.3) is 0 Å². The van der Waals surface area contributed by atoms with Gasteiger partial charge in [0.1, 0.15) is 12.6 Å². The van der Waals surface area contributed by atoms with Crippen LogP contribution < -0.4 is 9.62 Å². The third kappa shape index (κ3) is 8.42. The molecule has 0 aliphatic rings. The van der Waals surface area contributed by atoms with Crippen molar-refractivity contribution in [3.8, 4) is 0 Å². The predicted molar refractivity (Wildman–Crippen MR) is 162 cm³/mol. The molecule has 3 aromatic carbocycles. The Hall–Kier alpha value is -3.65. The van der Waals surface area contributed by atoms with Crippen molar-refractivity contribution in [1.82, 2.24) is 10.2 Å². The van der Waals surface area contributed by atoms with Crippen molar-refractivity contribution in [3.63, 3.8) is 0 Å². The van der Waals surface area contributed by atoms with E-state index in [9.17, 15) is 18.0 Å². The lowest BCUT2D eigenvalue weighted by molar-refractivity contribution is -0.140. The highest BCUT2D eigenvalue weighted by molar-refractivity contribution is 7.92. The van der Waals surface area contributed by atoms with Crippen LogP contribution in [0.1, 0.15) is 55.4 Å². The third-order valence-electron chi connectivity index (χ3n) is 6.76. The van der Waals surface area contributed by atoms with Crippen LogP contribution in [0.15, 0.2) is 78.9 Å². The number of amides is 2. The summed E-state index contributed by atoms with van der Waals surface area (Å²) >= 11 is 0. The summed E-state index contributed by atoms with van der Waals surface area (Å²) in [5.74, 6) is -0.664. The number of benzene rings is 3. The Balaban J connectivity index is 2.08. The highest BCUT2D eigenvalue weighted by Crippen LogP contribution is 2.29. The van der Waals surface area contributed by atoms with Crippen LogP contribution in [-0.2, 0) is 32.6 Å². The summed E-state index contributed by atoms with van der Waals surface area (Å²) in [6.07, 6.45) is 2.16. The van der Waals surface area contributed by atoms with Crippen molar-refractivity contribution in [2.24, 2.45) is 0 Å². The summed E-state index contributed by atoms with van der Waals surface area (Å²) in [6.45, 7) is 8.14. The van der Waals surface area contributed by atoms with Gasteiger partial charge in [0.2, 0.25) is 21.8 Å². The maximum Gasteiger partial charge on any atom is 0.244 e. The molecule has 0 heterocycles. The van der Waals surface area contributed by atoms with Gasteiger partial charge in [0, 0.05) is 19.5 Å². The van der Waals surface area contributed by atoms with Gasteiger partial charge in [-0.15, -0.1) is 0 Å². The summed E-state index contributed by atoms with van der Waals surface area (Å²) < 4.78 is 27.3. The number of hydrogen-bond donors (Lipinski definition) is 1. The van der Waals surface area contributed by atoms with E-state index in [1.807, 2.05) is 94.4 Å². The number of hydrogen-bond acceptors (Lipinski definition) is 4. The van der Waals surface area contributed by atoms with Gasteiger partial charge >= 0.3 is 0 Å². The van der Waals surface area contributed by atoms with Gasteiger partial charge in [0.15, 0.2) is 0 Å². The molecule has 3 aromatic rings. The zero-order valence-corrected chi connectivity index (χ0v) is 24.9. The van der Waals surface area contributed by atoms with Crippen LogP contribution in [0.2, 0.25) is 0 Å². The molecule has 0 saturated heterocycles. The van der Waals surface area contributed by atoms with Crippen LogP contribution in [0.5, 0.6) is 0 Å². The first kappa shape index (κ1) is 30.9. The fourth-order valence-corrected chi connectivity index (χ4v) is 5.59. The zero-order chi connectivity index (χ0) is 29.3. The van der Waals surface area contributed by atoms with Crippen molar-refractivity contribution in [2.75, 3.05) is 23.7 Å². The van der Waals surface area contributed by atoms with E-state index in [4.69, 9.17) is 0 Å². The van der Waals surface area contributed by atoms with Gasteiger partial charge in [0.05, 0.1) is 11.9 Å². The van der Waals surface area contributed by atoms with Crippen LogP contribution in [0.3, 0.4) is 0 Å². The molecule has 2 amide bonds.